The molecule has 0 aromatic rings. The summed E-state index contributed by atoms with van der Waals surface area (Å²) < 4.78 is 0. The van der Waals surface area contributed by atoms with Crippen molar-refractivity contribution in [2.45, 2.75) is 0 Å². The zero-order chi connectivity index (χ0) is 3.58. The van der Waals surface area contributed by atoms with Crippen LogP contribution in [0.15, 0.2) is 0 Å². The van der Waals surface area contributed by atoms with Gasteiger partial charge in [-0.15, -0.1) is 0 Å². The van der Waals surface area contributed by atoms with Crippen molar-refractivity contribution >= 4 is 15.0 Å². The summed E-state index contributed by atoms with van der Waals surface area (Å²) >= 11 is 0. The van der Waals surface area contributed by atoms with Gasteiger partial charge in [0.05, 0.1) is 0 Å². The molecule has 0 spiro atoms. The average Bonchev–Trinajstić information content (AvgIpc) is 0.811. The molecule has 0 amide bonds. The van der Waals surface area contributed by atoms with Gasteiger partial charge in [-0.25, -0.2) is 4.79 Å². The molecule has 5 heavy (non-hydrogen) atoms. The van der Waals surface area contributed by atoms with Gasteiger partial charge < -0.3 is 6.53 Å². The van der Waals surface area contributed by atoms with Crippen molar-refractivity contribution in [2.24, 2.45) is 0 Å². The van der Waals surface area contributed by atoms with Crippen molar-refractivity contribution in [1.82, 2.24) is 0 Å². The Labute approximate surface area is 55.9 Å². The predicted molar refractivity (Wildman–Crippen MR) is 18.8 cm³/mol. The number of hydrogen-bond acceptors (Lipinski definition) is 1. The van der Waals surface area contributed by atoms with E-state index in [1.807, 2.05) is 0 Å². The fraction of sp³-hybridized carbons (Fsp3) is 0. The molecule has 0 fully saturated rings. The summed E-state index contributed by atoms with van der Waals surface area (Å²) in [6, 6.07) is 0. The molecule has 0 aromatic heterocycles. The first-order valence-electron chi connectivity index (χ1n) is 0.716. The maximum atomic E-state index is 8.96. The van der Waals surface area contributed by atoms with Gasteiger partial charge in [0, 0.05) is 0 Å². The van der Waals surface area contributed by atoms with Crippen LogP contribution in [0.25, 0.3) is 0 Å². The normalized spacial score (nSPS) is 5.00. The summed E-state index contributed by atoms with van der Waals surface area (Å²) in [5.41, 5.74) is -0.917. The van der Waals surface area contributed by atoms with Crippen LogP contribution in [0.2, 0.25) is 0 Å². The fourth-order valence-electron chi connectivity index (χ4n) is 0. The molecule has 0 aliphatic carbocycles. The van der Waals surface area contributed by atoms with E-state index in [9.17, 15) is 0 Å². The molecule has 2 nitrogen and oxygen atoms in total. The molecule has 0 heterocycles. The third-order valence-corrected chi connectivity index (χ3v) is 0. The summed E-state index contributed by atoms with van der Waals surface area (Å²) in [5.74, 6) is 0. The van der Waals surface area contributed by atoms with Crippen molar-refractivity contribution in [3.8, 4) is 0 Å². The molecule has 0 rings (SSSR count). The topological polar surface area (TPSA) is 37.3 Å². The van der Waals surface area contributed by atoms with Gasteiger partial charge in [0.25, 0.3) is 0 Å². The van der Waals surface area contributed by atoms with E-state index < -0.39 is 5.71 Å². The van der Waals surface area contributed by atoms with Crippen molar-refractivity contribution < 1.29 is 40.9 Å². The second kappa shape index (κ2) is 4.90. The first-order valence-corrected chi connectivity index (χ1v) is 1.29. The van der Waals surface area contributed by atoms with Crippen molar-refractivity contribution in [3.63, 3.8) is 0 Å². The SMILES string of the molecule is O=C(O)P.[H-].[Na+]. The summed E-state index contributed by atoms with van der Waals surface area (Å²) in [5, 5.41) is 7.38. The Morgan fingerprint density at radius 1 is 2.00 bits per heavy atom. The summed E-state index contributed by atoms with van der Waals surface area (Å²) in [6.07, 6.45) is 0. The largest absolute Gasteiger partial charge is 1.00 e. The summed E-state index contributed by atoms with van der Waals surface area (Å²) in [7, 11) is 1.57. The van der Waals surface area contributed by atoms with Crippen LogP contribution in [0.5, 0.6) is 0 Å². The maximum absolute atomic E-state index is 8.96. The van der Waals surface area contributed by atoms with Gasteiger partial charge in [-0.3, -0.25) is 0 Å². The van der Waals surface area contributed by atoms with E-state index in [1.54, 1.807) is 9.24 Å². The molecule has 0 bridgehead atoms. The van der Waals surface area contributed by atoms with Crippen LogP contribution in [0.3, 0.4) is 0 Å². The van der Waals surface area contributed by atoms with E-state index in [4.69, 9.17) is 9.90 Å². The zero-order valence-electron chi connectivity index (χ0n) is 3.93. The molecule has 26 valence electrons. The third kappa shape index (κ3) is 50.9. The molecule has 0 saturated carbocycles. The molecule has 4 heteroatoms. The Bertz CT molecular complexity index is 36.5. The maximum Gasteiger partial charge on any atom is 1.00 e. The minimum atomic E-state index is -0.917. The Morgan fingerprint density at radius 3 is 2.00 bits per heavy atom. The van der Waals surface area contributed by atoms with Crippen LogP contribution in [-0.4, -0.2) is 10.8 Å². The van der Waals surface area contributed by atoms with E-state index in [-0.39, 0.29) is 31.0 Å². The van der Waals surface area contributed by atoms with Crippen molar-refractivity contribution in [1.29, 1.82) is 0 Å². The number of hydrogen-bond donors (Lipinski definition) is 1. The first kappa shape index (κ1) is 9.31. The molecule has 0 aromatic carbocycles. The van der Waals surface area contributed by atoms with E-state index in [0.717, 1.165) is 0 Å². The van der Waals surface area contributed by atoms with Gasteiger partial charge in [-0.1, -0.05) is 0 Å². The molecule has 0 aliphatic heterocycles. The van der Waals surface area contributed by atoms with Gasteiger partial charge in [-0.2, -0.15) is 0 Å². The quantitative estimate of drug-likeness (QED) is 0.275. The second-order valence-electron chi connectivity index (χ2n) is 0.338. The summed E-state index contributed by atoms with van der Waals surface area (Å²) in [6.45, 7) is 0. The molecule has 1 unspecified atom stereocenters. The van der Waals surface area contributed by atoms with Gasteiger partial charge in [-0.05, 0) is 9.24 Å². The van der Waals surface area contributed by atoms with E-state index in [1.165, 1.54) is 0 Å². The Morgan fingerprint density at radius 2 is 2.00 bits per heavy atom. The second-order valence-corrected chi connectivity index (χ2v) is 0.832. The number of carbonyl (C=O) groups is 1. The monoisotopic (exact) mass is 102 g/mol. The minimum absolute atomic E-state index is 0. The fourth-order valence-corrected chi connectivity index (χ4v) is 0. The Kier molecular flexibility index (Phi) is 9.13. The van der Waals surface area contributed by atoms with Gasteiger partial charge in [0.2, 0.25) is 0 Å². The van der Waals surface area contributed by atoms with Crippen LogP contribution < -0.4 is 29.6 Å². The predicted octanol–water partition coefficient (Wildman–Crippen LogP) is -2.34. The standard InChI is InChI=1S/CH3O2P.Na.H/c2-1(3)4;;/h4H2,(H,2,3);;/q;+1;-1. The first-order chi connectivity index (χ1) is 1.73. The Balaban J connectivity index is -0.0000000450. The molecule has 1 N–H and O–H groups in total. The van der Waals surface area contributed by atoms with Gasteiger partial charge in [0.1, 0.15) is 0 Å². The van der Waals surface area contributed by atoms with E-state index >= 15 is 0 Å². The summed E-state index contributed by atoms with van der Waals surface area (Å²) in [4.78, 5) is 8.96. The third-order valence-electron chi connectivity index (χ3n) is 0. The molecule has 0 radical (unpaired) electrons. The molecule has 0 saturated heterocycles. The van der Waals surface area contributed by atoms with Crippen LogP contribution in [0, 0.1) is 0 Å². The van der Waals surface area contributed by atoms with Crippen LogP contribution in [0.4, 0.5) is 4.79 Å². The van der Waals surface area contributed by atoms with Crippen LogP contribution in [0.1, 0.15) is 1.43 Å². The van der Waals surface area contributed by atoms with Crippen molar-refractivity contribution in [2.75, 3.05) is 0 Å². The van der Waals surface area contributed by atoms with Crippen LogP contribution >= 0.6 is 9.24 Å². The molecular weight excluding hydrogens is 98.0 g/mol. The molecule has 1 atom stereocenters. The van der Waals surface area contributed by atoms with Crippen LogP contribution in [-0.2, 0) is 0 Å². The molecular formula is CH4NaO2P. The van der Waals surface area contributed by atoms with E-state index in [2.05, 4.69) is 0 Å². The number of carboxylic acid groups (broad SMARTS) is 1. The van der Waals surface area contributed by atoms with Gasteiger partial charge >= 0.3 is 35.3 Å². The van der Waals surface area contributed by atoms with E-state index in [0.29, 0.717) is 0 Å². The van der Waals surface area contributed by atoms with Crippen molar-refractivity contribution in [3.05, 3.63) is 0 Å². The molecule has 0 aliphatic rings. The Hall–Kier alpha value is 0.900. The zero-order valence-corrected chi connectivity index (χ0v) is 6.09. The average molecular weight is 102 g/mol. The van der Waals surface area contributed by atoms with Gasteiger partial charge in [0.15, 0.2) is 0 Å². The number of rotatable bonds is 0. The smallest absolute Gasteiger partial charge is 1.00 e. The minimum Gasteiger partial charge on any atom is -1.00 e.